The van der Waals surface area contributed by atoms with Crippen molar-refractivity contribution >= 4 is 22.7 Å². The second kappa shape index (κ2) is 6.40. The summed E-state index contributed by atoms with van der Waals surface area (Å²) in [4.78, 5) is 29.4. The number of aromatic nitrogens is 5. The highest BCUT2D eigenvalue weighted by atomic mass is 16.2. The molecule has 0 saturated carbocycles. The van der Waals surface area contributed by atoms with Crippen LogP contribution in [-0.4, -0.2) is 30.1 Å². The van der Waals surface area contributed by atoms with Gasteiger partial charge in [0.15, 0.2) is 5.65 Å². The molecule has 0 saturated heterocycles. The number of carbonyl (C=O) groups excluding carboxylic acids is 1. The number of benzene rings is 1. The summed E-state index contributed by atoms with van der Waals surface area (Å²) >= 11 is 0. The molecule has 0 aliphatic rings. The summed E-state index contributed by atoms with van der Waals surface area (Å²) in [5.41, 5.74) is 2.98. The lowest BCUT2D eigenvalue weighted by Crippen LogP contribution is -2.33. The zero-order valence-electron chi connectivity index (χ0n) is 14.1. The predicted octanol–water partition coefficient (Wildman–Crippen LogP) is 1.06. The second-order valence-corrected chi connectivity index (χ2v) is 5.97. The van der Waals surface area contributed by atoms with Crippen LogP contribution in [0.15, 0.2) is 53.7 Å². The molecule has 0 radical (unpaired) electrons. The summed E-state index contributed by atoms with van der Waals surface area (Å²) in [6.07, 6.45) is 3.06. The maximum absolute atomic E-state index is 12.7. The number of rotatable bonds is 4. The first kappa shape index (κ1) is 15.9. The number of hydrogen-bond donors (Lipinski definition) is 1. The van der Waals surface area contributed by atoms with E-state index in [0.717, 1.165) is 11.1 Å². The summed E-state index contributed by atoms with van der Waals surface area (Å²) in [7, 11) is 0. The van der Waals surface area contributed by atoms with Crippen LogP contribution in [0.4, 0.5) is 0 Å². The van der Waals surface area contributed by atoms with Crippen LogP contribution in [0, 0.1) is 6.92 Å². The number of fused-ring (bicyclic) bond motifs is 3. The van der Waals surface area contributed by atoms with E-state index in [1.807, 2.05) is 31.2 Å². The van der Waals surface area contributed by atoms with Crippen molar-refractivity contribution in [3.8, 4) is 0 Å². The first-order valence-corrected chi connectivity index (χ1v) is 8.13. The van der Waals surface area contributed by atoms with E-state index in [2.05, 4.69) is 20.5 Å². The van der Waals surface area contributed by atoms with Crippen molar-refractivity contribution in [2.45, 2.75) is 20.0 Å². The van der Waals surface area contributed by atoms with Gasteiger partial charge >= 0.3 is 0 Å². The zero-order valence-corrected chi connectivity index (χ0v) is 14.1. The van der Waals surface area contributed by atoms with Crippen LogP contribution in [0.3, 0.4) is 0 Å². The maximum Gasteiger partial charge on any atom is 0.297 e. The number of pyridine rings is 1. The Balaban J connectivity index is 1.66. The van der Waals surface area contributed by atoms with Crippen molar-refractivity contribution in [3.05, 3.63) is 70.4 Å². The van der Waals surface area contributed by atoms with Gasteiger partial charge in [-0.05, 0) is 30.2 Å². The van der Waals surface area contributed by atoms with Crippen LogP contribution in [0.2, 0.25) is 0 Å². The molecule has 0 bridgehead atoms. The van der Waals surface area contributed by atoms with Gasteiger partial charge in [-0.25, -0.2) is 4.98 Å². The molecule has 1 amide bonds. The van der Waals surface area contributed by atoms with Gasteiger partial charge in [0.25, 0.3) is 5.56 Å². The van der Waals surface area contributed by atoms with Crippen molar-refractivity contribution in [1.29, 1.82) is 0 Å². The van der Waals surface area contributed by atoms with Gasteiger partial charge in [-0.2, -0.15) is 0 Å². The zero-order chi connectivity index (χ0) is 18.1. The molecule has 0 fully saturated rings. The molecule has 1 aromatic carbocycles. The lowest BCUT2D eigenvalue weighted by Gasteiger charge is -2.12. The number of carbonyl (C=O) groups is 1. The smallest absolute Gasteiger partial charge is 0.297 e. The molecular formula is C18H16N6O2. The van der Waals surface area contributed by atoms with Gasteiger partial charge in [0.1, 0.15) is 12.9 Å². The average Bonchev–Trinajstić information content (AvgIpc) is 3.15. The molecule has 26 heavy (non-hydrogen) atoms. The minimum Gasteiger partial charge on any atom is -0.350 e. The highest BCUT2D eigenvalue weighted by Gasteiger charge is 2.15. The fourth-order valence-electron chi connectivity index (χ4n) is 2.91. The van der Waals surface area contributed by atoms with Gasteiger partial charge < -0.3 is 5.32 Å². The summed E-state index contributed by atoms with van der Waals surface area (Å²) in [5.74, 6) is -0.260. The fourth-order valence-corrected chi connectivity index (χ4v) is 2.91. The minimum atomic E-state index is -0.381. The Morgan fingerprint density at radius 1 is 1.15 bits per heavy atom. The number of hydrogen-bond acceptors (Lipinski definition) is 5. The monoisotopic (exact) mass is 348 g/mol. The first-order chi connectivity index (χ1) is 12.6. The Hall–Kier alpha value is -3.55. The third-order valence-electron chi connectivity index (χ3n) is 4.31. The third-order valence-corrected chi connectivity index (χ3v) is 4.31. The average molecular weight is 348 g/mol. The molecule has 0 unspecified atom stereocenters. The van der Waals surface area contributed by atoms with Crippen LogP contribution >= 0.6 is 0 Å². The molecular weight excluding hydrogens is 332 g/mol. The normalized spacial score (nSPS) is 11.1. The molecule has 1 N–H and O–H groups in total. The van der Waals surface area contributed by atoms with Crippen LogP contribution in [0.5, 0.6) is 0 Å². The van der Waals surface area contributed by atoms with E-state index < -0.39 is 0 Å². The SMILES string of the molecule is Cc1ccccc1CNC(=O)Cn1c(=O)c2nncn2c2ncccc21. The van der Waals surface area contributed by atoms with E-state index in [0.29, 0.717) is 17.7 Å². The highest BCUT2D eigenvalue weighted by Crippen LogP contribution is 2.10. The summed E-state index contributed by atoms with van der Waals surface area (Å²) < 4.78 is 2.90. The van der Waals surface area contributed by atoms with Gasteiger partial charge in [0, 0.05) is 12.7 Å². The lowest BCUT2D eigenvalue weighted by molar-refractivity contribution is -0.121. The van der Waals surface area contributed by atoms with Crippen molar-refractivity contribution in [3.63, 3.8) is 0 Å². The van der Waals surface area contributed by atoms with Crippen LogP contribution in [-0.2, 0) is 17.9 Å². The van der Waals surface area contributed by atoms with Gasteiger partial charge in [-0.3, -0.25) is 18.6 Å². The van der Waals surface area contributed by atoms with Gasteiger partial charge in [-0.1, -0.05) is 24.3 Å². The van der Waals surface area contributed by atoms with Crippen LogP contribution in [0.25, 0.3) is 16.8 Å². The lowest BCUT2D eigenvalue weighted by atomic mass is 10.1. The molecule has 130 valence electrons. The first-order valence-electron chi connectivity index (χ1n) is 8.13. The molecule has 8 heteroatoms. The second-order valence-electron chi connectivity index (χ2n) is 5.97. The van der Waals surface area contributed by atoms with Crippen LogP contribution in [0.1, 0.15) is 11.1 Å². The predicted molar refractivity (Wildman–Crippen MR) is 95.6 cm³/mol. The molecule has 0 spiro atoms. The Morgan fingerprint density at radius 2 is 2.00 bits per heavy atom. The fraction of sp³-hybridized carbons (Fsp3) is 0.167. The molecule has 0 aliphatic heterocycles. The van der Waals surface area contributed by atoms with E-state index >= 15 is 0 Å². The number of aryl methyl sites for hydroxylation is 1. The third kappa shape index (κ3) is 2.71. The number of amides is 1. The van der Waals surface area contributed by atoms with Crippen molar-refractivity contribution in [2.75, 3.05) is 0 Å². The molecule has 0 atom stereocenters. The Kier molecular flexibility index (Phi) is 3.92. The van der Waals surface area contributed by atoms with E-state index in [1.165, 1.54) is 15.3 Å². The Bertz CT molecular complexity index is 1180. The molecule has 0 aliphatic carbocycles. The molecule has 3 heterocycles. The van der Waals surface area contributed by atoms with E-state index in [9.17, 15) is 9.59 Å². The maximum atomic E-state index is 12.7. The molecule has 4 aromatic rings. The van der Waals surface area contributed by atoms with Crippen molar-refractivity contribution in [2.24, 2.45) is 0 Å². The van der Waals surface area contributed by atoms with Gasteiger partial charge in [-0.15, -0.1) is 10.2 Å². The van der Waals surface area contributed by atoms with Crippen molar-refractivity contribution < 1.29 is 4.79 Å². The minimum absolute atomic E-state index is 0.115. The Morgan fingerprint density at radius 3 is 2.85 bits per heavy atom. The van der Waals surface area contributed by atoms with Crippen LogP contribution < -0.4 is 10.9 Å². The van der Waals surface area contributed by atoms with E-state index in [-0.39, 0.29) is 23.7 Å². The largest absolute Gasteiger partial charge is 0.350 e. The molecule has 4 rings (SSSR count). The number of nitrogens with zero attached hydrogens (tertiary/aromatic N) is 5. The Labute approximate surface area is 148 Å². The topological polar surface area (TPSA) is 94.2 Å². The number of nitrogens with one attached hydrogen (secondary N) is 1. The quantitative estimate of drug-likeness (QED) is 0.595. The molecule has 8 nitrogen and oxygen atoms in total. The van der Waals surface area contributed by atoms with Gasteiger partial charge in [0.2, 0.25) is 11.6 Å². The van der Waals surface area contributed by atoms with E-state index in [4.69, 9.17) is 0 Å². The summed E-state index contributed by atoms with van der Waals surface area (Å²) in [6, 6.07) is 11.3. The highest BCUT2D eigenvalue weighted by molar-refractivity contribution is 5.80. The standard InChI is InChI=1S/C18H16N6O2/c1-12-5-2-3-6-13(12)9-20-15(25)10-23-14-7-4-8-19-16(14)24-11-21-22-17(24)18(23)26/h2-8,11H,9-10H2,1H3,(H,20,25). The van der Waals surface area contributed by atoms with E-state index in [1.54, 1.807) is 18.3 Å². The van der Waals surface area contributed by atoms with Crippen molar-refractivity contribution in [1.82, 2.24) is 29.5 Å². The molecule has 3 aromatic heterocycles. The summed E-state index contributed by atoms with van der Waals surface area (Å²) in [5, 5.41) is 10.5. The summed E-state index contributed by atoms with van der Waals surface area (Å²) in [6.45, 7) is 2.28. The van der Waals surface area contributed by atoms with Gasteiger partial charge in [0.05, 0.1) is 5.52 Å².